The van der Waals surface area contributed by atoms with Crippen LogP contribution in [0.25, 0.3) is 22.3 Å². The Labute approximate surface area is 323 Å². The van der Waals surface area contributed by atoms with Crippen LogP contribution in [0.5, 0.6) is 11.5 Å². The van der Waals surface area contributed by atoms with Gasteiger partial charge in [-0.2, -0.15) is 0 Å². The highest BCUT2D eigenvalue weighted by Crippen LogP contribution is 2.61. The molecule has 0 N–H and O–H groups in total. The Bertz CT molecular complexity index is 2720. The van der Waals surface area contributed by atoms with E-state index in [-0.39, 0.29) is 11.3 Å². The van der Waals surface area contributed by atoms with E-state index in [0.717, 1.165) is 22.9 Å². The van der Waals surface area contributed by atoms with Gasteiger partial charge in [-0.1, -0.05) is 166 Å². The van der Waals surface area contributed by atoms with Crippen LogP contribution in [0.1, 0.15) is 53.1 Å². The van der Waals surface area contributed by atoms with Gasteiger partial charge in [0, 0.05) is 33.8 Å². The maximum absolute atomic E-state index is 6.68. The Morgan fingerprint density at radius 3 is 1.93 bits per heavy atom. The van der Waals surface area contributed by atoms with Gasteiger partial charge in [-0.3, -0.25) is 0 Å². The highest BCUT2D eigenvalue weighted by atomic mass is 16.5. The van der Waals surface area contributed by atoms with Crippen molar-refractivity contribution >= 4 is 17.1 Å². The van der Waals surface area contributed by atoms with Gasteiger partial charge in [-0.25, -0.2) is 0 Å². The largest absolute Gasteiger partial charge is 0.457 e. The summed E-state index contributed by atoms with van der Waals surface area (Å²) in [6, 6.07) is 60.0. The van der Waals surface area contributed by atoms with Gasteiger partial charge in [0.25, 0.3) is 0 Å². The molecule has 2 bridgehead atoms. The number of nitrogens with zero attached hydrogens (tertiary/aromatic N) is 1. The number of hydrogen-bond acceptors (Lipinski definition) is 2. The molecule has 55 heavy (non-hydrogen) atoms. The molecule has 0 fully saturated rings. The van der Waals surface area contributed by atoms with Crippen molar-refractivity contribution in [2.45, 2.75) is 30.6 Å². The Morgan fingerprint density at radius 1 is 0.527 bits per heavy atom. The zero-order valence-corrected chi connectivity index (χ0v) is 30.9. The van der Waals surface area contributed by atoms with Crippen LogP contribution in [0.15, 0.2) is 200 Å². The quantitative estimate of drug-likeness (QED) is 0.181. The van der Waals surface area contributed by atoms with E-state index in [2.05, 4.69) is 213 Å². The number of fused-ring (bicyclic) bond motifs is 12. The highest BCUT2D eigenvalue weighted by Gasteiger charge is 2.50. The first-order valence-electron chi connectivity index (χ1n) is 19.3. The number of para-hydroxylation sites is 2. The fraction of sp³-hybridized carbons (Fsp3) is 0.0943. The second-order valence-corrected chi connectivity index (χ2v) is 15.6. The van der Waals surface area contributed by atoms with Gasteiger partial charge in [-0.05, 0) is 92.5 Å². The summed E-state index contributed by atoms with van der Waals surface area (Å²) in [6.07, 6.45) is 11.5. The summed E-state index contributed by atoms with van der Waals surface area (Å²) in [5.74, 6) is 1.95. The fourth-order valence-electron chi connectivity index (χ4n) is 10.0. The molecule has 1 unspecified atom stereocenters. The molecular formula is C53H39NO. The standard InChI is InChI=1S/C53H39NO/c1-52(2)44-21-9-8-19-42(44)43-20-14-24-48(51(43)52)54(39-29-27-36(28-30-39)35-15-4-3-5-16-35)40-31-32-41-37-17-6-7-18-38(33-37)53(47(41)34-40)45-22-10-12-25-49(45)55-50-26-13-11-23-46(50)53/h3-34,37H,1-2H3. The summed E-state index contributed by atoms with van der Waals surface area (Å²) in [5, 5.41) is 0. The van der Waals surface area contributed by atoms with E-state index in [0.29, 0.717) is 0 Å². The lowest BCUT2D eigenvalue weighted by atomic mass is 9.58. The zero-order valence-electron chi connectivity index (χ0n) is 30.9. The van der Waals surface area contributed by atoms with Gasteiger partial charge >= 0.3 is 0 Å². The first kappa shape index (κ1) is 31.8. The van der Waals surface area contributed by atoms with Gasteiger partial charge in [0.05, 0.1) is 11.1 Å². The Kier molecular flexibility index (Phi) is 6.91. The number of ether oxygens (including phenoxy) is 1. The molecule has 2 nitrogen and oxygen atoms in total. The lowest BCUT2D eigenvalue weighted by molar-refractivity contribution is 0.432. The van der Waals surface area contributed by atoms with Crippen molar-refractivity contribution in [1.82, 2.24) is 0 Å². The van der Waals surface area contributed by atoms with Gasteiger partial charge in [-0.15, -0.1) is 0 Å². The van der Waals surface area contributed by atoms with Crippen molar-refractivity contribution in [3.05, 3.63) is 233 Å². The maximum atomic E-state index is 6.68. The van der Waals surface area contributed by atoms with Crippen LogP contribution in [0.4, 0.5) is 17.1 Å². The molecule has 0 aromatic heterocycles. The number of hydrogen-bond donors (Lipinski definition) is 0. The van der Waals surface area contributed by atoms with E-state index >= 15 is 0 Å². The van der Waals surface area contributed by atoms with Crippen molar-refractivity contribution < 1.29 is 4.74 Å². The molecule has 262 valence electrons. The van der Waals surface area contributed by atoms with Gasteiger partial charge < -0.3 is 9.64 Å². The average Bonchev–Trinajstić information content (AvgIpc) is 3.33. The van der Waals surface area contributed by atoms with Crippen molar-refractivity contribution in [2.75, 3.05) is 4.90 Å². The highest BCUT2D eigenvalue weighted by molar-refractivity contribution is 5.91. The van der Waals surface area contributed by atoms with Gasteiger partial charge in [0.2, 0.25) is 0 Å². The van der Waals surface area contributed by atoms with Crippen LogP contribution in [0, 0.1) is 0 Å². The minimum absolute atomic E-state index is 0.148. The van der Waals surface area contributed by atoms with E-state index in [1.807, 2.05) is 0 Å². The average molecular weight is 706 g/mol. The Balaban J connectivity index is 1.19. The maximum Gasteiger partial charge on any atom is 0.132 e. The monoisotopic (exact) mass is 705 g/mol. The predicted molar refractivity (Wildman–Crippen MR) is 226 cm³/mol. The lowest BCUT2D eigenvalue weighted by Gasteiger charge is -2.46. The van der Waals surface area contributed by atoms with Crippen LogP contribution in [0.2, 0.25) is 0 Å². The number of anilines is 3. The first-order chi connectivity index (χ1) is 27.0. The molecule has 0 radical (unpaired) electrons. The molecule has 0 saturated heterocycles. The third-order valence-electron chi connectivity index (χ3n) is 12.4. The first-order valence-corrected chi connectivity index (χ1v) is 19.3. The number of benzene rings is 7. The van der Waals surface area contributed by atoms with Crippen LogP contribution >= 0.6 is 0 Å². The molecule has 0 amide bonds. The van der Waals surface area contributed by atoms with Crippen LogP contribution in [0.3, 0.4) is 0 Å². The third-order valence-corrected chi connectivity index (χ3v) is 12.4. The van der Waals surface area contributed by atoms with Gasteiger partial charge in [0.15, 0.2) is 0 Å². The van der Waals surface area contributed by atoms with Crippen molar-refractivity contribution in [1.29, 1.82) is 0 Å². The SMILES string of the molecule is CC1(C)c2ccccc2-c2cccc(N(c3ccc(-c4ccccc4)cc3)c3ccc4c(c3)C3(C5=CC4C=CC=C5)c4ccccc4Oc4ccccc43)c21. The smallest absolute Gasteiger partial charge is 0.132 e. The number of rotatable bonds is 4. The predicted octanol–water partition coefficient (Wildman–Crippen LogP) is 13.7. The second kappa shape index (κ2) is 11.9. The fourth-order valence-corrected chi connectivity index (χ4v) is 10.0. The van der Waals surface area contributed by atoms with Gasteiger partial charge in [0.1, 0.15) is 11.5 Å². The van der Waals surface area contributed by atoms with E-state index in [1.165, 1.54) is 66.9 Å². The molecule has 0 saturated carbocycles. The molecule has 1 atom stereocenters. The molecule has 11 rings (SSSR count). The van der Waals surface area contributed by atoms with Crippen molar-refractivity contribution in [3.8, 4) is 33.8 Å². The summed E-state index contributed by atoms with van der Waals surface area (Å²) in [4.78, 5) is 2.50. The van der Waals surface area contributed by atoms with Crippen molar-refractivity contribution in [3.63, 3.8) is 0 Å². The van der Waals surface area contributed by atoms with Crippen LogP contribution in [-0.2, 0) is 10.8 Å². The molecule has 2 heteroatoms. The number of allylic oxidation sites excluding steroid dienone is 6. The molecule has 1 heterocycles. The molecule has 1 spiro atoms. The van der Waals surface area contributed by atoms with E-state index in [9.17, 15) is 0 Å². The summed E-state index contributed by atoms with van der Waals surface area (Å²) >= 11 is 0. The topological polar surface area (TPSA) is 12.5 Å². The zero-order chi connectivity index (χ0) is 36.7. The molecule has 7 aromatic rings. The van der Waals surface area contributed by atoms with Crippen molar-refractivity contribution in [2.24, 2.45) is 0 Å². The Hall–Kier alpha value is -6.64. The molecule has 4 aliphatic rings. The molecular weight excluding hydrogens is 667 g/mol. The van der Waals surface area contributed by atoms with E-state index in [4.69, 9.17) is 4.74 Å². The normalized spacial score (nSPS) is 17.1. The summed E-state index contributed by atoms with van der Waals surface area (Å²) in [6.45, 7) is 4.76. The second-order valence-electron chi connectivity index (χ2n) is 15.6. The Morgan fingerprint density at radius 2 is 1.16 bits per heavy atom. The third kappa shape index (κ3) is 4.55. The summed E-state index contributed by atoms with van der Waals surface area (Å²) in [5.41, 5.74) is 16.6. The molecule has 3 aliphatic carbocycles. The molecule has 7 aromatic carbocycles. The van der Waals surface area contributed by atoms with E-state index < -0.39 is 5.41 Å². The van der Waals surface area contributed by atoms with Crippen LogP contribution < -0.4 is 9.64 Å². The van der Waals surface area contributed by atoms with Crippen LogP contribution in [-0.4, -0.2) is 0 Å². The minimum atomic E-state index is -0.577. The molecule has 1 aliphatic heterocycles. The lowest BCUT2D eigenvalue weighted by Crippen LogP contribution is -2.38. The summed E-state index contributed by atoms with van der Waals surface area (Å²) < 4.78 is 6.68. The minimum Gasteiger partial charge on any atom is -0.457 e. The summed E-state index contributed by atoms with van der Waals surface area (Å²) in [7, 11) is 0. The van der Waals surface area contributed by atoms with E-state index in [1.54, 1.807) is 0 Å².